The van der Waals surface area contributed by atoms with Crippen molar-refractivity contribution in [2.45, 2.75) is 143 Å². The molecule has 2 amide bonds. The summed E-state index contributed by atoms with van der Waals surface area (Å²) in [4.78, 5) is 29.1. The molecule has 12 atom stereocenters. The zero-order chi connectivity index (χ0) is 34.6. The van der Waals surface area contributed by atoms with E-state index in [1.165, 1.54) is 12.8 Å². The molecule has 7 aliphatic rings. The second-order valence-corrected chi connectivity index (χ2v) is 18.9. The molecule has 7 rings (SSSR count). The minimum Gasteiger partial charge on any atom is -0.446 e. The van der Waals surface area contributed by atoms with Crippen molar-refractivity contribution in [2.24, 2.45) is 56.7 Å². The maximum absolute atomic E-state index is 12.9. The Morgan fingerprint density at radius 2 is 1.54 bits per heavy atom. The summed E-state index contributed by atoms with van der Waals surface area (Å²) in [5.74, 6) is 1.82. The number of fused-ring (bicyclic) bond motifs is 2. The number of amides is 2. The number of likely N-dealkylation sites (tertiary alicyclic amines) is 2. The molecule has 5 aliphatic carbocycles. The average Bonchev–Trinajstić information content (AvgIpc) is 3.60. The van der Waals surface area contributed by atoms with Crippen LogP contribution in [-0.4, -0.2) is 96.0 Å². The van der Waals surface area contributed by atoms with Crippen LogP contribution in [-0.2, 0) is 14.2 Å². The summed E-state index contributed by atoms with van der Waals surface area (Å²) in [5.41, 5.74) is 0.284. The predicted octanol–water partition coefficient (Wildman–Crippen LogP) is 6.49. The van der Waals surface area contributed by atoms with Gasteiger partial charge < -0.3 is 34.2 Å². The van der Waals surface area contributed by atoms with Crippen molar-refractivity contribution < 1.29 is 34.0 Å². The first-order valence-electron chi connectivity index (χ1n) is 19.4. The van der Waals surface area contributed by atoms with E-state index in [0.29, 0.717) is 36.8 Å². The van der Waals surface area contributed by atoms with Crippen LogP contribution in [0.4, 0.5) is 9.59 Å². The lowest BCUT2D eigenvalue weighted by Gasteiger charge is -2.64. The highest BCUT2D eigenvalue weighted by atomic mass is 16.6. The standard InChI is InChI=1S/C39H64N2O7/c1-23(2)32(48-33(44)40-16-9-17-40)27(46-8)18-24(3)26-19-30(43)37(7)29-11-10-28-35(4,5)31(47-34(45)41-20-25(42)21-41)12-13-38(28)22-39(29,38)15-14-36(26,37)6/h23-32,42-43H,9-22H2,1-8H3/t24-,26-,27?,28+,29?,30+,31+,32-,36-,37-,38-,39?/m1/s1. The van der Waals surface area contributed by atoms with Crippen LogP contribution in [0.2, 0.25) is 0 Å². The Kier molecular flexibility index (Phi) is 8.51. The van der Waals surface area contributed by atoms with Gasteiger partial charge in [-0.1, -0.05) is 48.5 Å². The highest BCUT2D eigenvalue weighted by Crippen LogP contribution is 2.89. The van der Waals surface area contributed by atoms with E-state index in [9.17, 15) is 19.8 Å². The van der Waals surface area contributed by atoms with Gasteiger partial charge in [0.25, 0.3) is 0 Å². The van der Waals surface area contributed by atoms with E-state index < -0.39 is 6.10 Å². The fourth-order valence-electron chi connectivity index (χ4n) is 13.5. The van der Waals surface area contributed by atoms with Crippen LogP contribution in [0.15, 0.2) is 0 Å². The van der Waals surface area contributed by atoms with Gasteiger partial charge in [0.2, 0.25) is 0 Å². The van der Waals surface area contributed by atoms with E-state index >= 15 is 0 Å². The van der Waals surface area contributed by atoms with Gasteiger partial charge in [0.1, 0.15) is 12.2 Å². The number of carbonyl (C=O) groups is 2. The molecule has 2 saturated heterocycles. The number of nitrogens with zero attached hydrogens (tertiary/aromatic N) is 2. The lowest BCUT2D eigenvalue weighted by molar-refractivity contribution is -0.183. The molecule has 0 aromatic carbocycles. The van der Waals surface area contributed by atoms with Crippen LogP contribution >= 0.6 is 0 Å². The Bertz CT molecular complexity index is 1260. The Labute approximate surface area is 288 Å². The number of hydrogen-bond acceptors (Lipinski definition) is 7. The molecule has 0 radical (unpaired) electrons. The first kappa shape index (κ1) is 34.9. The number of aliphatic hydroxyl groups is 2. The fourth-order valence-corrected chi connectivity index (χ4v) is 13.5. The van der Waals surface area contributed by atoms with Crippen LogP contribution in [0.1, 0.15) is 113 Å². The molecule has 9 nitrogen and oxygen atoms in total. The third-order valence-electron chi connectivity index (χ3n) is 16.5. The summed E-state index contributed by atoms with van der Waals surface area (Å²) in [7, 11) is 1.75. The van der Waals surface area contributed by atoms with E-state index in [2.05, 4.69) is 48.5 Å². The van der Waals surface area contributed by atoms with Crippen LogP contribution in [0.3, 0.4) is 0 Å². The quantitative estimate of drug-likeness (QED) is 0.304. The predicted molar refractivity (Wildman–Crippen MR) is 182 cm³/mol. The van der Waals surface area contributed by atoms with Crippen LogP contribution in [0.5, 0.6) is 0 Å². The summed E-state index contributed by atoms with van der Waals surface area (Å²) < 4.78 is 18.4. The number of aliphatic hydroxyl groups excluding tert-OH is 2. The first-order valence-corrected chi connectivity index (χ1v) is 19.4. The van der Waals surface area contributed by atoms with Gasteiger partial charge >= 0.3 is 12.2 Å². The molecule has 272 valence electrons. The van der Waals surface area contributed by atoms with Crippen molar-refractivity contribution in [3.8, 4) is 0 Å². The Balaban J connectivity index is 1.07. The highest BCUT2D eigenvalue weighted by Gasteiger charge is 2.83. The number of carbonyl (C=O) groups excluding carboxylic acids is 2. The molecule has 7 fully saturated rings. The Morgan fingerprint density at radius 1 is 0.875 bits per heavy atom. The molecule has 5 saturated carbocycles. The Hall–Kier alpha value is -1.58. The van der Waals surface area contributed by atoms with Gasteiger partial charge in [0.05, 0.1) is 31.4 Å². The van der Waals surface area contributed by atoms with Crippen LogP contribution < -0.4 is 0 Å². The van der Waals surface area contributed by atoms with Crippen LogP contribution in [0, 0.1) is 56.7 Å². The van der Waals surface area contributed by atoms with Crippen molar-refractivity contribution in [1.82, 2.24) is 9.80 Å². The van der Waals surface area contributed by atoms with Gasteiger partial charge in [-0.3, -0.25) is 0 Å². The molecule has 0 aromatic heterocycles. The van der Waals surface area contributed by atoms with E-state index in [4.69, 9.17) is 14.2 Å². The zero-order valence-electron chi connectivity index (χ0n) is 31.0. The second kappa shape index (κ2) is 11.7. The number of hydrogen-bond donors (Lipinski definition) is 2. The minimum absolute atomic E-state index is 0.0162. The molecular weight excluding hydrogens is 608 g/mol. The maximum Gasteiger partial charge on any atom is 0.410 e. The van der Waals surface area contributed by atoms with Crippen molar-refractivity contribution in [1.29, 1.82) is 0 Å². The minimum atomic E-state index is -0.424. The van der Waals surface area contributed by atoms with E-state index in [1.54, 1.807) is 16.9 Å². The van der Waals surface area contributed by atoms with Crippen molar-refractivity contribution >= 4 is 12.2 Å². The number of rotatable bonds is 8. The summed E-state index contributed by atoms with van der Waals surface area (Å²) >= 11 is 0. The summed E-state index contributed by atoms with van der Waals surface area (Å²) in [6.07, 6.45) is 8.67. The number of β-amino-alcohol motifs (C(OH)–C–C–N with tert-alkyl or cyclic N) is 1. The van der Waals surface area contributed by atoms with E-state index in [1.807, 2.05) is 0 Å². The zero-order valence-corrected chi connectivity index (χ0v) is 31.0. The van der Waals surface area contributed by atoms with Gasteiger partial charge in [-0.2, -0.15) is 0 Å². The number of ether oxygens (including phenoxy) is 3. The molecule has 0 aromatic rings. The molecule has 3 unspecified atom stereocenters. The summed E-state index contributed by atoms with van der Waals surface area (Å²) in [6.45, 7) is 18.5. The molecule has 0 bridgehead atoms. The molecule has 2 aliphatic heterocycles. The third kappa shape index (κ3) is 4.78. The van der Waals surface area contributed by atoms with Crippen molar-refractivity contribution in [2.75, 3.05) is 33.3 Å². The summed E-state index contributed by atoms with van der Waals surface area (Å²) in [5, 5.41) is 21.9. The smallest absolute Gasteiger partial charge is 0.410 e. The average molecular weight is 673 g/mol. The SMILES string of the molecule is COC(C[C@@H](C)[C@H]1C[C@H](O)[C@@]2(C)C3CC[C@H]4C(C)(C)[C@@H](OC(=O)N5CC(O)C5)CC[C@@]45CC35CC[C@]12C)[C@H](OC(=O)N1CCC1)C(C)C. The van der Waals surface area contributed by atoms with E-state index in [0.717, 1.165) is 64.5 Å². The third-order valence-corrected chi connectivity index (χ3v) is 16.5. The molecule has 2 heterocycles. The monoisotopic (exact) mass is 672 g/mol. The van der Waals surface area contributed by atoms with Gasteiger partial charge in [-0.25, -0.2) is 9.59 Å². The van der Waals surface area contributed by atoms with Crippen molar-refractivity contribution in [3.05, 3.63) is 0 Å². The topological polar surface area (TPSA) is 109 Å². The second-order valence-electron chi connectivity index (χ2n) is 18.9. The molecular formula is C39H64N2O7. The summed E-state index contributed by atoms with van der Waals surface area (Å²) in [6, 6.07) is 0. The van der Waals surface area contributed by atoms with Gasteiger partial charge in [-0.05, 0) is 110 Å². The maximum atomic E-state index is 12.9. The number of methoxy groups -OCH3 is 1. The van der Waals surface area contributed by atoms with Gasteiger partial charge in [-0.15, -0.1) is 0 Å². The molecule has 48 heavy (non-hydrogen) atoms. The highest BCUT2D eigenvalue weighted by molar-refractivity contribution is 5.69. The lowest BCUT2D eigenvalue weighted by atomic mass is 9.41. The Morgan fingerprint density at radius 3 is 2.15 bits per heavy atom. The van der Waals surface area contributed by atoms with E-state index in [-0.39, 0.29) is 69.6 Å². The van der Waals surface area contributed by atoms with Gasteiger partial charge in [0.15, 0.2) is 0 Å². The van der Waals surface area contributed by atoms with Crippen LogP contribution in [0.25, 0.3) is 0 Å². The first-order chi connectivity index (χ1) is 22.6. The molecule has 2 N–H and O–H groups in total. The van der Waals surface area contributed by atoms with Crippen molar-refractivity contribution in [3.63, 3.8) is 0 Å². The lowest BCUT2D eigenvalue weighted by Crippen LogP contribution is -2.60. The normalized spacial score (nSPS) is 44.6. The van der Waals surface area contributed by atoms with Gasteiger partial charge in [0, 0.05) is 31.0 Å². The molecule has 9 heteroatoms. The molecule has 2 spiro atoms. The largest absolute Gasteiger partial charge is 0.446 e. The fraction of sp³-hybridized carbons (Fsp3) is 0.949.